The second kappa shape index (κ2) is 11.3. The number of esters is 1. The van der Waals surface area contributed by atoms with Gasteiger partial charge in [-0.3, -0.25) is 0 Å². The standard InChI is InChI=1S/C30H30Cl2FN3O5/c1-15-10-18-12-19(13-25(15)36(18)30(38)34-24-9-8-17(11-23(24)33)29(37)39-2)40-14-20-27(35-41-28(20)16-6-7-16)26-21(31)4-3-5-22(26)32/h3-5,8-9,11,15-16,18-19,25H,6-7,10,12-14H2,1-2H3,(H,34,38)/t15-,18?,19+,25?/m1/s1. The number of aromatic nitrogens is 1. The number of amides is 2. The molecule has 1 aromatic heterocycles. The average molecular weight is 602 g/mol. The van der Waals surface area contributed by atoms with Crippen LogP contribution in [0.5, 0.6) is 0 Å². The van der Waals surface area contributed by atoms with Crippen molar-refractivity contribution < 1.29 is 28.0 Å². The average Bonchev–Trinajstić information content (AvgIpc) is 3.67. The lowest BCUT2D eigenvalue weighted by molar-refractivity contribution is -0.0181. The van der Waals surface area contributed by atoms with Gasteiger partial charge < -0.3 is 24.2 Å². The van der Waals surface area contributed by atoms with Crippen LogP contribution in [0.1, 0.15) is 66.6 Å². The molecule has 2 bridgehead atoms. The van der Waals surface area contributed by atoms with Gasteiger partial charge in [-0.2, -0.15) is 0 Å². The Morgan fingerprint density at radius 2 is 1.90 bits per heavy atom. The zero-order chi connectivity index (χ0) is 28.8. The third-order valence-electron chi connectivity index (χ3n) is 8.39. The molecule has 41 heavy (non-hydrogen) atoms. The van der Waals surface area contributed by atoms with Crippen LogP contribution in [0, 0.1) is 11.7 Å². The number of carbonyl (C=O) groups is 2. The van der Waals surface area contributed by atoms with E-state index < -0.39 is 11.8 Å². The summed E-state index contributed by atoms with van der Waals surface area (Å²) in [7, 11) is 1.23. The maximum atomic E-state index is 14.7. The van der Waals surface area contributed by atoms with Gasteiger partial charge in [-0.05, 0) is 68.4 Å². The Morgan fingerprint density at radius 3 is 2.56 bits per heavy atom. The number of nitrogens with zero attached hydrogens (tertiary/aromatic N) is 2. The molecule has 2 aromatic carbocycles. The van der Waals surface area contributed by atoms with Gasteiger partial charge in [0.25, 0.3) is 0 Å². The Hall–Kier alpha value is -3.14. The van der Waals surface area contributed by atoms with Gasteiger partial charge >= 0.3 is 12.0 Å². The van der Waals surface area contributed by atoms with E-state index in [1.54, 1.807) is 18.2 Å². The summed E-state index contributed by atoms with van der Waals surface area (Å²) in [6.07, 6.45) is 4.15. The number of benzene rings is 2. The van der Waals surface area contributed by atoms with Crippen LogP contribution in [0.2, 0.25) is 10.0 Å². The number of carbonyl (C=O) groups excluding carboxylic acids is 2. The Bertz CT molecular complexity index is 1470. The van der Waals surface area contributed by atoms with Gasteiger partial charge in [0.2, 0.25) is 0 Å². The van der Waals surface area contributed by atoms with Crippen LogP contribution in [0.15, 0.2) is 40.9 Å². The molecule has 3 aromatic rings. The number of halogens is 3. The van der Waals surface area contributed by atoms with Crippen molar-refractivity contribution in [2.75, 3.05) is 12.4 Å². The number of hydrogen-bond acceptors (Lipinski definition) is 6. The predicted molar refractivity (Wildman–Crippen MR) is 152 cm³/mol. The van der Waals surface area contributed by atoms with Crippen molar-refractivity contribution in [1.29, 1.82) is 0 Å². The minimum absolute atomic E-state index is 0.0129. The van der Waals surface area contributed by atoms with Crippen LogP contribution < -0.4 is 5.32 Å². The third-order valence-corrected chi connectivity index (χ3v) is 9.02. The number of urea groups is 1. The topological polar surface area (TPSA) is 93.9 Å². The largest absolute Gasteiger partial charge is 0.465 e. The van der Waals surface area contributed by atoms with Crippen molar-refractivity contribution in [3.8, 4) is 11.3 Å². The van der Waals surface area contributed by atoms with Crippen molar-refractivity contribution in [2.45, 2.75) is 69.7 Å². The fourth-order valence-corrected chi connectivity index (χ4v) is 6.79. The van der Waals surface area contributed by atoms with E-state index in [-0.39, 0.29) is 41.4 Å². The summed E-state index contributed by atoms with van der Waals surface area (Å²) >= 11 is 13.0. The number of anilines is 1. The summed E-state index contributed by atoms with van der Waals surface area (Å²) in [5, 5.41) is 8.03. The van der Waals surface area contributed by atoms with E-state index in [0.29, 0.717) is 46.7 Å². The number of rotatable bonds is 7. The lowest BCUT2D eigenvalue weighted by Crippen LogP contribution is -2.51. The summed E-state index contributed by atoms with van der Waals surface area (Å²) in [5.74, 6) is 0.0630. The molecule has 2 unspecified atom stereocenters. The van der Waals surface area contributed by atoms with Crippen LogP contribution in [-0.4, -0.2) is 47.4 Å². The molecule has 2 amide bonds. The highest BCUT2D eigenvalue weighted by Crippen LogP contribution is 2.47. The van der Waals surface area contributed by atoms with Crippen molar-refractivity contribution in [3.05, 3.63) is 69.1 Å². The first kappa shape index (κ1) is 28.0. The molecular formula is C30H30Cl2FN3O5. The molecule has 1 N–H and O–H groups in total. The highest BCUT2D eigenvalue weighted by molar-refractivity contribution is 6.39. The molecule has 1 saturated carbocycles. The predicted octanol–water partition coefficient (Wildman–Crippen LogP) is 7.44. The van der Waals surface area contributed by atoms with Crippen LogP contribution in [0.3, 0.4) is 0 Å². The van der Waals surface area contributed by atoms with Crippen molar-refractivity contribution in [3.63, 3.8) is 0 Å². The zero-order valence-electron chi connectivity index (χ0n) is 22.7. The molecule has 1 aliphatic carbocycles. The molecular weight excluding hydrogens is 572 g/mol. The van der Waals surface area contributed by atoms with Crippen molar-refractivity contribution in [1.82, 2.24) is 10.1 Å². The molecule has 8 nitrogen and oxygen atoms in total. The number of fused-ring (bicyclic) bond motifs is 2. The number of nitrogens with one attached hydrogen (secondary N) is 1. The quantitative estimate of drug-likeness (QED) is 0.283. The van der Waals surface area contributed by atoms with Gasteiger partial charge in [-0.1, -0.05) is 41.3 Å². The first-order valence-corrected chi connectivity index (χ1v) is 14.5. The first-order valence-electron chi connectivity index (χ1n) is 13.8. The number of piperidine rings is 1. The van der Waals surface area contributed by atoms with Gasteiger partial charge in [-0.25, -0.2) is 14.0 Å². The Morgan fingerprint density at radius 1 is 1.15 bits per heavy atom. The minimum atomic E-state index is -0.700. The lowest BCUT2D eigenvalue weighted by Gasteiger charge is -2.39. The van der Waals surface area contributed by atoms with Crippen LogP contribution in [0.4, 0.5) is 14.9 Å². The van der Waals surface area contributed by atoms with Gasteiger partial charge in [-0.15, -0.1) is 0 Å². The minimum Gasteiger partial charge on any atom is -0.465 e. The number of ether oxygens (including phenoxy) is 2. The Labute approximate surface area is 247 Å². The van der Waals surface area contributed by atoms with Crippen LogP contribution in [0.25, 0.3) is 11.3 Å². The summed E-state index contributed by atoms with van der Waals surface area (Å²) in [4.78, 5) is 26.8. The fraction of sp³-hybridized carbons (Fsp3) is 0.433. The number of hydrogen-bond donors (Lipinski definition) is 1. The van der Waals surface area contributed by atoms with E-state index in [1.165, 1.54) is 19.2 Å². The van der Waals surface area contributed by atoms with Crippen LogP contribution in [-0.2, 0) is 16.1 Å². The highest BCUT2D eigenvalue weighted by Gasteiger charge is 2.48. The van der Waals surface area contributed by atoms with Crippen molar-refractivity contribution >= 4 is 40.9 Å². The summed E-state index contributed by atoms with van der Waals surface area (Å²) < 4.78 is 31.6. The zero-order valence-corrected chi connectivity index (χ0v) is 24.2. The Kier molecular flexibility index (Phi) is 7.70. The SMILES string of the molecule is COC(=O)c1ccc(NC(=O)N2C3C[C@H](OCc4c(-c5c(Cl)cccc5Cl)noc4C4CC4)CC2[C@H](C)C3)c(F)c1. The number of methoxy groups -OCH3 is 1. The molecule has 3 heterocycles. The normalized spacial score (nSPS) is 23.5. The summed E-state index contributed by atoms with van der Waals surface area (Å²) in [6.45, 7) is 2.43. The molecule has 2 aliphatic heterocycles. The van der Waals surface area contributed by atoms with E-state index in [0.717, 1.165) is 36.7 Å². The molecule has 0 radical (unpaired) electrons. The first-order chi connectivity index (χ1) is 19.7. The smallest absolute Gasteiger partial charge is 0.337 e. The lowest BCUT2D eigenvalue weighted by atomic mass is 9.97. The highest BCUT2D eigenvalue weighted by atomic mass is 35.5. The van der Waals surface area contributed by atoms with E-state index in [1.807, 2.05) is 4.90 Å². The molecule has 3 fully saturated rings. The van der Waals surface area contributed by atoms with E-state index in [2.05, 4.69) is 22.1 Å². The second-order valence-electron chi connectivity index (χ2n) is 11.1. The van der Waals surface area contributed by atoms with E-state index in [9.17, 15) is 14.0 Å². The van der Waals surface area contributed by atoms with Crippen molar-refractivity contribution in [2.24, 2.45) is 5.92 Å². The third kappa shape index (κ3) is 5.43. The second-order valence-corrected chi connectivity index (χ2v) is 11.9. The van der Waals surface area contributed by atoms with Crippen LogP contribution >= 0.6 is 23.2 Å². The monoisotopic (exact) mass is 601 g/mol. The molecule has 0 spiro atoms. The summed E-state index contributed by atoms with van der Waals surface area (Å²) in [6, 6.07) is 8.73. The molecule has 2 saturated heterocycles. The molecule has 11 heteroatoms. The fourth-order valence-electron chi connectivity index (χ4n) is 6.21. The molecule has 3 aliphatic rings. The van der Waals surface area contributed by atoms with Gasteiger partial charge in [0.15, 0.2) is 0 Å². The van der Waals surface area contributed by atoms with Gasteiger partial charge in [0.05, 0.1) is 41.1 Å². The van der Waals surface area contributed by atoms with Gasteiger partial charge in [0.1, 0.15) is 17.3 Å². The van der Waals surface area contributed by atoms with Gasteiger partial charge in [0, 0.05) is 29.1 Å². The maximum Gasteiger partial charge on any atom is 0.337 e. The maximum absolute atomic E-state index is 14.7. The molecule has 216 valence electrons. The molecule has 4 atom stereocenters. The summed E-state index contributed by atoms with van der Waals surface area (Å²) in [5.41, 5.74) is 2.20. The molecule has 6 rings (SSSR count). The van der Waals surface area contributed by atoms with E-state index in [4.69, 9.17) is 32.5 Å². The Balaban J connectivity index is 1.15. The van der Waals surface area contributed by atoms with E-state index >= 15 is 0 Å².